The number of aromatic nitrogens is 2. The molecule has 4 N–H and O–H groups in total. The van der Waals surface area contributed by atoms with Crippen molar-refractivity contribution in [3.8, 4) is 0 Å². The lowest BCUT2D eigenvalue weighted by Crippen LogP contribution is -2.05. The Balaban J connectivity index is 0.000000169. The minimum Gasteiger partial charge on any atom is -0.398 e. The second kappa shape index (κ2) is 10.2. The number of benzene rings is 3. The molecule has 0 unspecified atom stereocenters. The predicted molar refractivity (Wildman–Crippen MR) is 121 cm³/mol. The molecule has 0 bridgehead atoms. The number of hydrogen-bond donors (Lipinski definition) is 2. The van der Waals surface area contributed by atoms with E-state index < -0.39 is 0 Å². The van der Waals surface area contributed by atoms with Crippen molar-refractivity contribution >= 4 is 38.8 Å². The minimum atomic E-state index is 0.693. The van der Waals surface area contributed by atoms with Gasteiger partial charge in [0, 0.05) is 10.2 Å². The largest absolute Gasteiger partial charge is 0.398 e. The first-order valence-corrected chi connectivity index (χ1v) is 9.74. The highest BCUT2D eigenvalue weighted by molar-refractivity contribution is 9.10. The van der Waals surface area contributed by atoms with Crippen LogP contribution in [0.5, 0.6) is 0 Å². The molecule has 7 heteroatoms. The molecule has 0 spiro atoms. The quantitative estimate of drug-likeness (QED) is 0.297. The van der Waals surface area contributed by atoms with Crippen LogP contribution in [-0.2, 0) is 6.54 Å². The van der Waals surface area contributed by atoms with Crippen molar-refractivity contribution in [1.29, 1.82) is 0 Å². The van der Waals surface area contributed by atoms with Gasteiger partial charge in [0.15, 0.2) is 0 Å². The average molecular weight is 449 g/mol. The molecule has 0 saturated heterocycles. The Labute approximate surface area is 178 Å². The highest BCUT2D eigenvalue weighted by Crippen LogP contribution is 2.26. The summed E-state index contributed by atoms with van der Waals surface area (Å²) >= 11 is 3.35. The molecule has 0 aliphatic carbocycles. The Hall–Kier alpha value is -3.45. The molecule has 4 rings (SSSR count). The molecular formula is C22H21BrN6. The summed E-state index contributed by atoms with van der Waals surface area (Å²) in [6.07, 6.45) is 1.71. The highest BCUT2D eigenvalue weighted by atomic mass is 79.9. The molecule has 0 aliphatic heterocycles. The lowest BCUT2D eigenvalue weighted by Gasteiger charge is -2.03. The van der Waals surface area contributed by atoms with E-state index in [2.05, 4.69) is 43.4 Å². The van der Waals surface area contributed by atoms with E-state index in [-0.39, 0.29) is 0 Å². The second-order valence-electron chi connectivity index (χ2n) is 6.14. The van der Waals surface area contributed by atoms with Crippen LogP contribution in [0.2, 0.25) is 0 Å². The number of nitrogen functional groups attached to an aromatic ring is 2. The molecule has 0 saturated carbocycles. The Morgan fingerprint density at radius 2 is 1.45 bits per heavy atom. The van der Waals surface area contributed by atoms with Gasteiger partial charge in [0.1, 0.15) is 5.82 Å². The summed E-state index contributed by atoms with van der Waals surface area (Å²) in [5.41, 5.74) is 14.9. The Bertz CT molecular complexity index is 1060. The molecule has 0 aliphatic rings. The van der Waals surface area contributed by atoms with Crippen LogP contribution in [-0.4, -0.2) is 9.78 Å². The average Bonchev–Trinajstić information content (AvgIpc) is 3.15. The van der Waals surface area contributed by atoms with Gasteiger partial charge in [0.2, 0.25) is 0 Å². The molecule has 0 radical (unpaired) electrons. The summed E-state index contributed by atoms with van der Waals surface area (Å²) < 4.78 is 2.60. The molecule has 3 aromatic carbocycles. The molecule has 4 aromatic rings. The van der Waals surface area contributed by atoms with Crippen molar-refractivity contribution in [2.45, 2.75) is 6.54 Å². The molecule has 1 heterocycles. The first-order chi connectivity index (χ1) is 14.1. The fourth-order valence-corrected chi connectivity index (χ4v) is 2.79. The Morgan fingerprint density at radius 1 is 0.793 bits per heavy atom. The third-order valence-electron chi connectivity index (χ3n) is 3.95. The van der Waals surface area contributed by atoms with Gasteiger partial charge in [-0.1, -0.05) is 48.5 Å². The maximum atomic E-state index is 5.69. The van der Waals surface area contributed by atoms with Gasteiger partial charge in [-0.3, -0.25) is 0 Å². The molecule has 0 fully saturated rings. The lowest BCUT2D eigenvalue weighted by atomic mass is 10.2. The number of hydrogen-bond acceptors (Lipinski definition) is 5. The fraction of sp³-hybridized carbons (Fsp3) is 0.0455. The highest BCUT2D eigenvalue weighted by Gasteiger charge is 1.98. The number of nitrogens with two attached hydrogens (primary N) is 2. The van der Waals surface area contributed by atoms with E-state index in [1.165, 1.54) is 5.56 Å². The topological polar surface area (TPSA) is 94.6 Å². The maximum absolute atomic E-state index is 5.69. The number of halogens is 1. The first kappa shape index (κ1) is 20.3. The van der Waals surface area contributed by atoms with Crippen LogP contribution in [0.3, 0.4) is 0 Å². The predicted octanol–water partition coefficient (Wildman–Crippen LogP) is 5.96. The normalized spacial score (nSPS) is 10.5. The molecule has 6 nitrogen and oxygen atoms in total. The van der Waals surface area contributed by atoms with Crippen LogP contribution in [0.4, 0.5) is 22.9 Å². The second-order valence-corrected chi connectivity index (χ2v) is 7.00. The summed E-state index contributed by atoms with van der Waals surface area (Å²) in [6.45, 7) is 0.736. The van der Waals surface area contributed by atoms with Crippen molar-refractivity contribution < 1.29 is 0 Å². The van der Waals surface area contributed by atoms with Crippen molar-refractivity contribution in [1.82, 2.24) is 9.78 Å². The zero-order valence-corrected chi connectivity index (χ0v) is 17.3. The zero-order valence-electron chi connectivity index (χ0n) is 15.7. The monoisotopic (exact) mass is 448 g/mol. The van der Waals surface area contributed by atoms with Gasteiger partial charge in [0.25, 0.3) is 0 Å². The van der Waals surface area contributed by atoms with Crippen LogP contribution in [0.25, 0.3) is 0 Å². The lowest BCUT2D eigenvalue weighted by molar-refractivity contribution is 0.697. The molecule has 0 amide bonds. The Morgan fingerprint density at radius 3 is 2.07 bits per heavy atom. The standard InChI is InChI=1S/C12H10BrN3.C10H11N3/c13-11-8-10(6-7-12(11)14)16-15-9-4-2-1-3-5-9;11-10-6-7-12-13(10)8-9-4-2-1-3-5-9/h1-8H,14H2;1-7H,8,11H2. The van der Waals surface area contributed by atoms with Crippen molar-refractivity contribution in [2.75, 3.05) is 11.5 Å². The van der Waals surface area contributed by atoms with Gasteiger partial charge < -0.3 is 11.5 Å². The van der Waals surface area contributed by atoms with Crippen molar-refractivity contribution in [3.63, 3.8) is 0 Å². The summed E-state index contributed by atoms with van der Waals surface area (Å²) in [5, 5.41) is 12.3. The molecular weight excluding hydrogens is 428 g/mol. The molecule has 146 valence electrons. The van der Waals surface area contributed by atoms with Crippen LogP contribution in [0.15, 0.2) is 106 Å². The number of rotatable bonds is 4. The van der Waals surface area contributed by atoms with Crippen LogP contribution in [0, 0.1) is 0 Å². The van der Waals surface area contributed by atoms with Crippen LogP contribution in [0.1, 0.15) is 5.56 Å². The van der Waals surface area contributed by atoms with Crippen molar-refractivity contribution in [2.24, 2.45) is 10.2 Å². The third kappa shape index (κ3) is 6.29. The van der Waals surface area contributed by atoms with E-state index in [1.807, 2.05) is 60.7 Å². The first-order valence-electron chi connectivity index (χ1n) is 8.95. The van der Waals surface area contributed by atoms with Gasteiger partial charge in [-0.05, 0) is 57.9 Å². The molecule has 0 atom stereocenters. The van der Waals surface area contributed by atoms with Gasteiger partial charge in [-0.2, -0.15) is 15.3 Å². The van der Waals surface area contributed by atoms with Crippen LogP contribution >= 0.6 is 15.9 Å². The smallest absolute Gasteiger partial charge is 0.122 e. The summed E-state index contributed by atoms with van der Waals surface area (Å²) in [7, 11) is 0. The van der Waals surface area contributed by atoms with Gasteiger partial charge in [-0.15, -0.1) is 0 Å². The minimum absolute atomic E-state index is 0.693. The Kier molecular flexibility index (Phi) is 7.13. The van der Waals surface area contributed by atoms with E-state index >= 15 is 0 Å². The van der Waals surface area contributed by atoms with Crippen LogP contribution < -0.4 is 11.5 Å². The number of anilines is 2. The maximum Gasteiger partial charge on any atom is 0.122 e. The van der Waals surface area contributed by atoms with Gasteiger partial charge in [0.05, 0.1) is 24.1 Å². The van der Waals surface area contributed by atoms with E-state index in [0.717, 1.165) is 22.4 Å². The molecule has 29 heavy (non-hydrogen) atoms. The van der Waals surface area contributed by atoms with E-state index in [4.69, 9.17) is 11.5 Å². The van der Waals surface area contributed by atoms with Gasteiger partial charge in [-0.25, -0.2) is 4.68 Å². The fourth-order valence-electron chi connectivity index (χ4n) is 2.42. The van der Waals surface area contributed by atoms with E-state index in [1.54, 1.807) is 23.0 Å². The van der Waals surface area contributed by atoms with Crippen molar-refractivity contribution in [3.05, 3.63) is 101 Å². The third-order valence-corrected chi connectivity index (χ3v) is 4.63. The molecule has 1 aromatic heterocycles. The summed E-state index contributed by atoms with van der Waals surface area (Å²) in [4.78, 5) is 0. The van der Waals surface area contributed by atoms with E-state index in [0.29, 0.717) is 11.5 Å². The summed E-state index contributed by atoms with van der Waals surface area (Å²) in [6, 6.07) is 27.0. The number of azo groups is 1. The summed E-state index contributed by atoms with van der Waals surface area (Å²) in [5.74, 6) is 0.698. The van der Waals surface area contributed by atoms with E-state index in [9.17, 15) is 0 Å². The zero-order chi connectivity index (χ0) is 20.5. The SMILES string of the molecule is Nc1ccc(N=Nc2ccccc2)cc1Br.Nc1ccnn1Cc1ccccc1. The number of nitrogens with zero attached hydrogens (tertiary/aromatic N) is 4. The van der Waals surface area contributed by atoms with Gasteiger partial charge >= 0.3 is 0 Å².